The molecule has 0 radical (unpaired) electrons. The lowest BCUT2D eigenvalue weighted by Crippen LogP contribution is -2.24. The lowest BCUT2D eigenvalue weighted by atomic mass is 10.0. The molecular formula is C19H18F3N3O. The summed E-state index contributed by atoms with van der Waals surface area (Å²) in [7, 11) is 0. The Labute approximate surface area is 148 Å². The molecule has 4 nitrogen and oxygen atoms in total. The van der Waals surface area contributed by atoms with E-state index in [9.17, 15) is 18.0 Å². The lowest BCUT2D eigenvalue weighted by Gasteiger charge is -2.14. The number of nitrogens with two attached hydrogens (primary N) is 1. The van der Waals surface area contributed by atoms with Gasteiger partial charge in [-0.15, -0.1) is 0 Å². The third-order valence-corrected chi connectivity index (χ3v) is 4.19. The highest BCUT2D eigenvalue weighted by atomic mass is 19.4. The molecule has 1 aliphatic rings. The summed E-state index contributed by atoms with van der Waals surface area (Å²) in [5.74, 6) is 0.0974. The molecule has 1 amide bonds. The fourth-order valence-corrected chi connectivity index (χ4v) is 2.60. The molecule has 3 N–H and O–H groups in total. The number of hydrogen-bond acceptors (Lipinski definition) is 3. The van der Waals surface area contributed by atoms with Crippen LogP contribution in [-0.2, 0) is 4.79 Å². The summed E-state index contributed by atoms with van der Waals surface area (Å²) in [6.07, 6.45) is 0.430. The van der Waals surface area contributed by atoms with Crippen LogP contribution in [0.25, 0.3) is 22.4 Å². The molecular weight excluding hydrogens is 343 g/mol. The standard InChI is InChI=1S/C19H18F3N3O/c1-11(19(20,21)22)17-14-5-2-6-16(23)15(14)10-13(25-17)4-3-9-24-18(26)12-7-8-12/h2-6,10,12H,1,7-9,23H2,(H,24,26)/b4-3+. The molecule has 1 heterocycles. The summed E-state index contributed by atoms with van der Waals surface area (Å²) in [5.41, 5.74) is 5.32. The summed E-state index contributed by atoms with van der Waals surface area (Å²) < 4.78 is 39.4. The maximum absolute atomic E-state index is 13.1. The van der Waals surface area contributed by atoms with Crippen molar-refractivity contribution in [3.05, 3.63) is 48.3 Å². The number of carbonyl (C=O) groups is 1. The van der Waals surface area contributed by atoms with Gasteiger partial charge in [-0.1, -0.05) is 24.8 Å². The van der Waals surface area contributed by atoms with E-state index in [1.165, 1.54) is 6.07 Å². The summed E-state index contributed by atoms with van der Waals surface area (Å²) in [6, 6.07) is 6.35. The third-order valence-electron chi connectivity index (χ3n) is 4.19. The van der Waals surface area contributed by atoms with Gasteiger partial charge in [0.25, 0.3) is 0 Å². The van der Waals surface area contributed by atoms with Crippen molar-refractivity contribution in [3.8, 4) is 0 Å². The molecule has 1 fully saturated rings. The van der Waals surface area contributed by atoms with Gasteiger partial charge in [-0.25, -0.2) is 4.98 Å². The summed E-state index contributed by atoms with van der Waals surface area (Å²) >= 11 is 0. The van der Waals surface area contributed by atoms with Crippen LogP contribution < -0.4 is 11.1 Å². The average molecular weight is 361 g/mol. The Morgan fingerprint density at radius 3 is 2.73 bits per heavy atom. The highest BCUT2D eigenvalue weighted by Gasteiger charge is 2.35. The number of carbonyl (C=O) groups excluding carboxylic acids is 1. The van der Waals surface area contributed by atoms with Crippen molar-refractivity contribution >= 4 is 34.0 Å². The van der Waals surface area contributed by atoms with Crippen LogP contribution in [0.1, 0.15) is 24.2 Å². The highest BCUT2D eigenvalue weighted by molar-refractivity contribution is 6.00. The van der Waals surface area contributed by atoms with Crippen LogP contribution >= 0.6 is 0 Å². The number of halogens is 3. The van der Waals surface area contributed by atoms with Gasteiger partial charge in [-0.2, -0.15) is 13.2 Å². The van der Waals surface area contributed by atoms with Crippen molar-refractivity contribution in [2.75, 3.05) is 12.3 Å². The number of benzene rings is 1. The summed E-state index contributed by atoms with van der Waals surface area (Å²) in [4.78, 5) is 15.7. The minimum Gasteiger partial charge on any atom is -0.398 e. The second-order valence-corrected chi connectivity index (χ2v) is 6.24. The quantitative estimate of drug-likeness (QED) is 0.793. The first-order chi connectivity index (χ1) is 12.3. The number of amides is 1. The Morgan fingerprint density at radius 1 is 1.35 bits per heavy atom. The third kappa shape index (κ3) is 3.87. The number of nitrogens with one attached hydrogen (secondary N) is 1. The molecule has 1 aliphatic carbocycles. The summed E-state index contributed by atoms with van der Waals surface area (Å²) in [5, 5.41) is 3.52. The van der Waals surface area contributed by atoms with Crippen molar-refractivity contribution in [3.63, 3.8) is 0 Å². The molecule has 7 heteroatoms. The lowest BCUT2D eigenvalue weighted by molar-refractivity contribution is -0.122. The van der Waals surface area contributed by atoms with Crippen LogP contribution in [0, 0.1) is 5.92 Å². The van der Waals surface area contributed by atoms with Gasteiger partial charge in [0, 0.05) is 28.9 Å². The van der Waals surface area contributed by atoms with E-state index in [0.717, 1.165) is 12.8 Å². The molecule has 0 bridgehead atoms. The van der Waals surface area contributed by atoms with E-state index >= 15 is 0 Å². The number of anilines is 1. The van der Waals surface area contributed by atoms with Gasteiger partial charge in [-0.3, -0.25) is 4.79 Å². The van der Waals surface area contributed by atoms with Crippen molar-refractivity contribution in [1.82, 2.24) is 10.3 Å². The zero-order valence-electron chi connectivity index (χ0n) is 13.9. The minimum absolute atomic E-state index is 0.00324. The van der Waals surface area contributed by atoms with E-state index in [-0.39, 0.29) is 24.1 Å². The summed E-state index contributed by atoms with van der Waals surface area (Å²) in [6.45, 7) is 3.44. The van der Waals surface area contributed by atoms with Crippen LogP contribution in [0.15, 0.2) is 36.9 Å². The second kappa shape index (κ2) is 6.82. The number of fused-ring (bicyclic) bond motifs is 1. The molecule has 26 heavy (non-hydrogen) atoms. The molecule has 0 saturated heterocycles. The molecule has 0 aliphatic heterocycles. The molecule has 0 atom stereocenters. The normalized spacial score (nSPS) is 14.7. The van der Waals surface area contributed by atoms with Gasteiger partial charge < -0.3 is 11.1 Å². The average Bonchev–Trinajstić information content (AvgIpc) is 3.42. The molecule has 1 saturated carbocycles. The van der Waals surface area contributed by atoms with Crippen LogP contribution in [0.3, 0.4) is 0 Å². The molecule has 136 valence electrons. The Bertz CT molecular complexity index is 899. The maximum Gasteiger partial charge on any atom is 0.417 e. The Morgan fingerprint density at radius 2 is 2.08 bits per heavy atom. The van der Waals surface area contributed by atoms with Crippen molar-refractivity contribution in [1.29, 1.82) is 0 Å². The van der Waals surface area contributed by atoms with Gasteiger partial charge in [0.2, 0.25) is 5.91 Å². The predicted molar refractivity (Wildman–Crippen MR) is 96.0 cm³/mol. The smallest absolute Gasteiger partial charge is 0.398 e. The van der Waals surface area contributed by atoms with Gasteiger partial charge >= 0.3 is 6.18 Å². The molecule has 1 aromatic heterocycles. The number of alkyl halides is 3. The van der Waals surface area contributed by atoms with E-state index in [1.807, 2.05) is 0 Å². The zero-order valence-corrected chi connectivity index (χ0v) is 13.9. The van der Waals surface area contributed by atoms with E-state index in [1.54, 1.807) is 30.4 Å². The predicted octanol–water partition coefficient (Wildman–Crippen LogP) is 3.93. The van der Waals surface area contributed by atoms with E-state index in [4.69, 9.17) is 5.73 Å². The number of aromatic nitrogens is 1. The van der Waals surface area contributed by atoms with Crippen LogP contribution in [0.2, 0.25) is 0 Å². The van der Waals surface area contributed by atoms with E-state index in [0.29, 0.717) is 22.2 Å². The zero-order chi connectivity index (χ0) is 18.9. The van der Waals surface area contributed by atoms with Crippen molar-refractivity contribution < 1.29 is 18.0 Å². The molecule has 2 aromatic rings. The van der Waals surface area contributed by atoms with Crippen LogP contribution in [0.5, 0.6) is 0 Å². The van der Waals surface area contributed by atoms with Gasteiger partial charge in [0.05, 0.1) is 17.0 Å². The first-order valence-corrected chi connectivity index (χ1v) is 8.17. The first-order valence-electron chi connectivity index (χ1n) is 8.17. The minimum atomic E-state index is -4.59. The number of nitrogens with zero attached hydrogens (tertiary/aromatic N) is 1. The molecule has 0 unspecified atom stereocenters. The van der Waals surface area contributed by atoms with Gasteiger partial charge in [0.1, 0.15) is 0 Å². The topological polar surface area (TPSA) is 68.0 Å². The largest absolute Gasteiger partial charge is 0.417 e. The Balaban J connectivity index is 1.91. The molecule has 3 rings (SSSR count). The van der Waals surface area contributed by atoms with E-state index in [2.05, 4.69) is 16.9 Å². The first kappa shape index (κ1) is 18.0. The van der Waals surface area contributed by atoms with E-state index < -0.39 is 11.7 Å². The highest BCUT2D eigenvalue weighted by Crippen LogP contribution is 2.36. The number of allylic oxidation sites excluding steroid dienone is 1. The van der Waals surface area contributed by atoms with Crippen molar-refractivity contribution in [2.45, 2.75) is 19.0 Å². The fourth-order valence-electron chi connectivity index (χ4n) is 2.60. The second-order valence-electron chi connectivity index (χ2n) is 6.24. The molecule has 0 spiro atoms. The number of pyridine rings is 1. The van der Waals surface area contributed by atoms with Crippen molar-refractivity contribution in [2.24, 2.45) is 5.92 Å². The number of rotatable bonds is 5. The van der Waals surface area contributed by atoms with Crippen LogP contribution in [0.4, 0.5) is 18.9 Å². The monoisotopic (exact) mass is 361 g/mol. The SMILES string of the molecule is C=C(c1nc(/C=C/CNC(=O)C2CC2)cc2c(N)cccc12)C(F)(F)F. The van der Waals surface area contributed by atoms with Gasteiger partial charge in [0.15, 0.2) is 0 Å². The molecule has 1 aromatic carbocycles. The fraction of sp³-hybridized carbons (Fsp3) is 0.263. The van der Waals surface area contributed by atoms with Gasteiger partial charge in [-0.05, 0) is 31.1 Å². The maximum atomic E-state index is 13.1. The van der Waals surface area contributed by atoms with Crippen LogP contribution in [-0.4, -0.2) is 23.6 Å². The Kier molecular flexibility index (Phi) is 4.71. The number of nitrogen functional groups attached to an aromatic ring is 1. The Hall–Kier alpha value is -2.83. The number of hydrogen-bond donors (Lipinski definition) is 2.